The number of guanidine groups is 1. The number of nitrogens with zero attached hydrogens (tertiary/aromatic N) is 5. The minimum absolute atomic E-state index is 0.740. The number of hydrogen-bond donors (Lipinski definition) is 1. The summed E-state index contributed by atoms with van der Waals surface area (Å²) in [7, 11) is 6.16. The van der Waals surface area contributed by atoms with Crippen molar-refractivity contribution in [3.05, 3.63) is 23.9 Å². The fourth-order valence-electron chi connectivity index (χ4n) is 3.95. The molecule has 0 aliphatic carbocycles. The molecule has 2 aliphatic heterocycles. The second kappa shape index (κ2) is 10.6. The highest BCUT2D eigenvalue weighted by Crippen LogP contribution is 2.20. The summed E-state index contributed by atoms with van der Waals surface area (Å²) in [5.74, 6) is 2.82. The van der Waals surface area contributed by atoms with Gasteiger partial charge in [-0.1, -0.05) is 6.07 Å². The molecule has 2 aliphatic rings. The zero-order valence-corrected chi connectivity index (χ0v) is 17.7. The largest absolute Gasteiger partial charge is 0.381 e. The Kier molecular flexibility index (Phi) is 7.91. The van der Waals surface area contributed by atoms with Gasteiger partial charge in [0.25, 0.3) is 0 Å². The van der Waals surface area contributed by atoms with Crippen LogP contribution in [0.15, 0.2) is 23.3 Å². The van der Waals surface area contributed by atoms with Crippen molar-refractivity contribution in [2.45, 2.75) is 25.8 Å². The van der Waals surface area contributed by atoms with E-state index in [1.165, 1.54) is 24.8 Å². The van der Waals surface area contributed by atoms with Crippen LogP contribution < -0.4 is 10.2 Å². The van der Waals surface area contributed by atoms with Gasteiger partial charge in [0.2, 0.25) is 0 Å². The fourth-order valence-corrected chi connectivity index (χ4v) is 3.95. The van der Waals surface area contributed by atoms with Gasteiger partial charge in [0, 0.05) is 78.3 Å². The van der Waals surface area contributed by atoms with E-state index < -0.39 is 0 Å². The normalized spacial score (nSPS) is 19.7. The van der Waals surface area contributed by atoms with Gasteiger partial charge in [-0.2, -0.15) is 0 Å². The average molecular weight is 389 g/mol. The second-order valence-electron chi connectivity index (χ2n) is 7.94. The van der Waals surface area contributed by atoms with Crippen molar-refractivity contribution >= 4 is 11.8 Å². The number of anilines is 1. The van der Waals surface area contributed by atoms with Crippen LogP contribution in [0.4, 0.5) is 5.82 Å². The van der Waals surface area contributed by atoms with Gasteiger partial charge >= 0.3 is 0 Å². The van der Waals surface area contributed by atoms with Crippen LogP contribution >= 0.6 is 0 Å². The van der Waals surface area contributed by atoms with Crippen molar-refractivity contribution in [1.29, 1.82) is 0 Å². The Morgan fingerprint density at radius 1 is 1.29 bits per heavy atom. The van der Waals surface area contributed by atoms with E-state index >= 15 is 0 Å². The average Bonchev–Trinajstić information content (AvgIpc) is 2.74. The van der Waals surface area contributed by atoms with Crippen LogP contribution in [-0.4, -0.2) is 87.8 Å². The molecule has 0 aromatic carbocycles. The number of rotatable bonds is 6. The first-order chi connectivity index (χ1) is 13.7. The molecule has 0 saturated carbocycles. The van der Waals surface area contributed by atoms with Gasteiger partial charge in [0.15, 0.2) is 5.96 Å². The highest BCUT2D eigenvalue weighted by atomic mass is 16.5. The lowest BCUT2D eigenvalue weighted by atomic mass is 9.96. The Balaban J connectivity index is 1.53. The first-order valence-electron chi connectivity index (χ1n) is 10.5. The molecule has 0 bridgehead atoms. The highest BCUT2D eigenvalue weighted by molar-refractivity contribution is 5.79. The molecule has 28 heavy (non-hydrogen) atoms. The van der Waals surface area contributed by atoms with Crippen molar-refractivity contribution < 1.29 is 4.74 Å². The number of aliphatic imine (C=N–C) groups is 1. The van der Waals surface area contributed by atoms with E-state index in [4.69, 9.17) is 4.74 Å². The minimum Gasteiger partial charge on any atom is -0.381 e. The molecule has 1 aromatic heterocycles. The molecule has 0 amide bonds. The molecule has 2 saturated heterocycles. The number of pyridine rings is 1. The summed E-state index contributed by atoms with van der Waals surface area (Å²) < 4.78 is 5.47. The summed E-state index contributed by atoms with van der Waals surface area (Å²) in [4.78, 5) is 16.2. The lowest BCUT2D eigenvalue weighted by Gasteiger charge is -2.34. The SMILES string of the molecule is CN=C(NCc1cccnc1N1CCN(C)CC1)N(C)CCC1CCOCC1. The maximum Gasteiger partial charge on any atom is 0.193 e. The van der Waals surface area contributed by atoms with E-state index in [1.54, 1.807) is 0 Å². The molecule has 0 unspecified atom stereocenters. The van der Waals surface area contributed by atoms with Crippen LogP contribution in [0.2, 0.25) is 0 Å². The van der Waals surface area contributed by atoms with E-state index in [1.807, 2.05) is 19.3 Å². The predicted octanol–water partition coefficient (Wildman–Crippen LogP) is 1.66. The minimum atomic E-state index is 0.740. The Labute approximate surface area is 169 Å². The molecule has 0 atom stereocenters. The van der Waals surface area contributed by atoms with Gasteiger partial charge in [-0.25, -0.2) is 4.98 Å². The van der Waals surface area contributed by atoms with E-state index in [0.29, 0.717) is 0 Å². The fraction of sp³-hybridized carbons (Fsp3) is 0.714. The summed E-state index contributed by atoms with van der Waals surface area (Å²) in [5, 5.41) is 3.54. The van der Waals surface area contributed by atoms with E-state index in [9.17, 15) is 0 Å². The highest BCUT2D eigenvalue weighted by Gasteiger charge is 2.19. The predicted molar refractivity (Wildman–Crippen MR) is 115 cm³/mol. The summed E-state index contributed by atoms with van der Waals surface area (Å²) >= 11 is 0. The van der Waals surface area contributed by atoms with Crippen LogP contribution in [-0.2, 0) is 11.3 Å². The van der Waals surface area contributed by atoms with Crippen molar-refractivity contribution in [2.75, 3.05) is 72.0 Å². The maximum atomic E-state index is 5.47. The van der Waals surface area contributed by atoms with E-state index in [2.05, 4.69) is 50.2 Å². The van der Waals surface area contributed by atoms with Crippen LogP contribution in [0.3, 0.4) is 0 Å². The number of likely N-dealkylation sites (N-methyl/N-ethyl adjacent to an activating group) is 1. The van der Waals surface area contributed by atoms with E-state index in [-0.39, 0.29) is 0 Å². The monoisotopic (exact) mass is 388 g/mol. The zero-order valence-electron chi connectivity index (χ0n) is 17.7. The van der Waals surface area contributed by atoms with E-state index in [0.717, 1.165) is 70.2 Å². The second-order valence-corrected chi connectivity index (χ2v) is 7.94. The first kappa shape index (κ1) is 20.9. The Morgan fingerprint density at radius 3 is 2.75 bits per heavy atom. The topological polar surface area (TPSA) is 56.2 Å². The quantitative estimate of drug-likeness (QED) is 0.591. The van der Waals surface area contributed by atoms with Crippen molar-refractivity contribution in [3.63, 3.8) is 0 Å². The van der Waals surface area contributed by atoms with Crippen LogP contribution in [0.1, 0.15) is 24.8 Å². The summed E-state index contributed by atoms with van der Waals surface area (Å²) in [6.07, 6.45) is 5.46. The van der Waals surface area contributed by atoms with Crippen molar-refractivity contribution in [3.8, 4) is 0 Å². The number of nitrogens with one attached hydrogen (secondary N) is 1. The molecular formula is C21H36N6O. The Morgan fingerprint density at radius 2 is 2.04 bits per heavy atom. The van der Waals surface area contributed by atoms with Crippen LogP contribution in [0, 0.1) is 5.92 Å². The first-order valence-corrected chi connectivity index (χ1v) is 10.5. The molecule has 156 valence electrons. The third-order valence-corrected chi connectivity index (χ3v) is 5.89. The lowest BCUT2D eigenvalue weighted by Crippen LogP contribution is -2.45. The molecule has 0 spiro atoms. The zero-order chi connectivity index (χ0) is 19.8. The summed E-state index contributed by atoms with van der Waals surface area (Å²) in [5.41, 5.74) is 1.23. The molecule has 1 aromatic rings. The lowest BCUT2D eigenvalue weighted by molar-refractivity contribution is 0.0625. The number of hydrogen-bond acceptors (Lipinski definition) is 5. The van der Waals surface area contributed by atoms with Gasteiger partial charge in [-0.05, 0) is 38.3 Å². The maximum absolute atomic E-state index is 5.47. The van der Waals surface area contributed by atoms with Gasteiger partial charge in [-0.3, -0.25) is 4.99 Å². The molecule has 3 heterocycles. The third kappa shape index (κ3) is 5.82. The van der Waals surface area contributed by atoms with Gasteiger partial charge < -0.3 is 24.8 Å². The van der Waals surface area contributed by atoms with Gasteiger partial charge in [0.1, 0.15) is 5.82 Å². The molecule has 0 radical (unpaired) electrons. The third-order valence-electron chi connectivity index (χ3n) is 5.89. The molecular weight excluding hydrogens is 352 g/mol. The number of aromatic nitrogens is 1. The molecule has 7 nitrogen and oxygen atoms in total. The van der Waals surface area contributed by atoms with Crippen LogP contribution in [0.5, 0.6) is 0 Å². The molecule has 7 heteroatoms. The number of ether oxygens (including phenoxy) is 1. The van der Waals surface area contributed by atoms with Gasteiger partial charge in [-0.15, -0.1) is 0 Å². The smallest absolute Gasteiger partial charge is 0.193 e. The standard InChI is InChI=1S/C21H36N6O/c1-22-21(26(3)10-6-18-7-15-28-16-8-18)24-17-19-5-4-9-23-20(19)27-13-11-25(2)12-14-27/h4-5,9,18H,6-8,10-17H2,1-3H3,(H,22,24). The molecule has 2 fully saturated rings. The summed E-state index contributed by atoms with van der Waals surface area (Å²) in [6, 6.07) is 4.19. The van der Waals surface area contributed by atoms with Crippen molar-refractivity contribution in [1.82, 2.24) is 20.1 Å². The van der Waals surface area contributed by atoms with Crippen LogP contribution in [0.25, 0.3) is 0 Å². The van der Waals surface area contributed by atoms with Gasteiger partial charge in [0.05, 0.1) is 0 Å². The number of piperazine rings is 1. The summed E-state index contributed by atoms with van der Waals surface area (Å²) in [6.45, 7) is 7.81. The Bertz CT molecular complexity index is 623. The Hall–Kier alpha value is -1.86. The molecule has 3 rings (SSSR count). The van der Waals surface area contributed by atoms with Crippen molar-refractivity contribution in [2.24, 2.45) is 10.9 Å². The molecule has 1 N–H and O–H groups in total.